The van der Waals surface area contributed by atoms with E-state index in [-0.39, 0.29) is 0 Å². The van der Waals surface area contributed by atoms with Crippen LogP contribution in [0.2, 0.25) is 5.02 Å². The van der Waals surface area contributed by atoms with Crippen LogP contribution in [0.25, 0.3) is 0 Å². The highest BCUT2D eigenvalue weighted by Gasteiger charge is 2.26. The van der Waals surface area contributed by atoms with Crippen LogP contribution < -0.4 is 5.32 Å². The fraction of sp³-hybridized carbons (Fsp3) is 0.364. The van der Waals surface area contributed by atoms with E-state index in [4.69, 9.17) is 11.6 Å². The normalized spacial score (nSPS) is 14.8. The van der Waals surface area contributed by atoms with Gasteiger partial charge in [0.1, 0.15) is 0 Å². The Balaban J connectivity index is 1.39. The Morgan fingerprint density at radius 1 is 0.963 bits per heavy atom. The molecule has 1 aliphatic rings. The summed E-state index contributed by atoms with van der Waals surface area (Å²) in [4.78, 5) is 26.2. The third-order valence-electron chi connectivity index (χ3n) is 5.08. The molecule has 0 atom stereocenters. The lowest BCUT2D eigenvalue weighted by Gasteiger charge is -2.31. The third kappa shape index (κ3) is 5.83. The number of piperidine rings is 1. The minimum atomic E-state index is -0.509. The lowest BCUT2D eigenvalue weighted by atomic mass is 9.90. The zero-order valence-electron chi connectivity index (χ0n) is 15.4. The number of carbonyl (C=O) groups is 2. The number of hydrogen-bond acceptors (Lipinski definition) is 2. The van der Waals surface area contributed by atoms with Crippen molar-refractivity contribution in [1.29, 1.82) is 0 Å². The predicted octanol–water partition coefficient (Wildman–Crippen LogP) is 3.48. The number of amides is 2. The van der Waals surface area contributed by atoms with Crippen LogP contribution in [0.5, 0.6) is 0 Å². The van der Waals surface area contributed by atoms with Crippen molar-refractivity contribution in [2.75, 3.05) is 19.6 Å². The van der Waals surface area contributed by atoms with Gasteiger partial charge in [0.05, 0.1) is 0 Å². The molecule has 0 radical (unpaired) electrons. The lowest BCUT2D eigenvalue weighted by Crippen LogP contribution is -2.47. The molecule has 0 spiro atoms. The Labute approximate surface area is 165 Å². The average molecular weight is 385 g/mol. The molecule has 2 aromatic rings. The van der Waals surface area contributed by atoms with E-state index >= 15 is 0 Å². The molecular formula is C22H25ClN2O2. The first-order chi connectivity index (χ1) is 13.1. The number of hydrogen-bond donors (Lipinski definition) is 1. The minimum absolute atomic E-state index is 0.413. The molecule has 1 N–H and O–H groups in total. The Kier molecular flexibility index (Phi) is 6.88. The molecule has 2 amide bonds. The Bertz CT molecular complexity index is 754. The van der Waals surface area contributed by atoms with Crippen LogP contribution in [0, 0.1) is 5.92 Å². The zero-order valence-corrected chi connectivity index (χ0v) is 16.1. The number of nitrogens with zero attached hydrogens (tertiary/aromatic N) is 1. The molecule has 1 aliphatic heterocycles. The van der Waals surface area contributed by atoms with Gasteiger partial charge < -0.3 is 10.2 Å². The highest BCUT2D eigenvalue weighted by Crippen LogP contribution is 2.21. The van der Waals surface area contributed by atoms with E-state index < -0.39 is 11.8 Å². The topological polar surface area (TPSA) is 49.4 Å². The maximum Gasteiger partial charge on any atom is 0.311 e. The Morgan fingerprint density at radius 3 is 2.30 bits per heavy atom. The van der Waals surface area contributed by atoms with Crippen LogP contribution in [-0.4, -0.2) is 36.3 Å². The van der Waals surface area contributed by atoms with E-state index in [1.165, 1.54) is 5.56 Å². The summed E-state index contributed by atoms with van der Waals surface area (Å²) >= 11 is 5.86. The summed E-state index contributed by atoms with van der Waals surface area (Å²) in [5.41, 5.74) is 2.41. The number of nitrogens with one attached hydrogen (secondary N) is 1. The van der Waals surface area contributed by atoms with Crippen molar-refractivity contribution in [3.05, 3.63) is 70.7 Å². The zero-order chi connectivity index (χ0) is 19.1. The largest absolute Gasteiger partial charge is 0.347 e. The SMILES string of the molecule is O=C(NCCc1ccc(Cl)cc1)C(=O)N1CCC(Cc2ccccc2)CC1. The number of likely N-dealkylation sites (tertiary alicyclic amines) is 1. The summed E-state index contributed by atoms with van der Waals surface area (Å²) in [7, 11) is 0. The first kappa shape index (κ1) is 19.4. The van der Waals surface area contributed by atoms with Crippen molar-refractivity contribution < 1.29 is 9.59 Å². The molecule has 1 heterocycles. The molecule has 0 unspecified atom stereocenters. The second-order valence-corrected chi connectivity index (χ2v) is 7.49. The van der Waals surface area contributed by atoms with E-state index in [1.807, 2.05) is 30.3 Å². The first-order valence-corrected chi connectivity index (χ1v) is 9.85. The summed E-state index contributed by atoms with van der Waals surface area (Å²) in [6, 6.07) is 17.9. The molecule has 5 heteroatoms. The lowest BCUT2D eigenvalue weighted by molar-refractivity contribution is -0.146. The van der Waals surface area contributed by atoms with Crippen LogP contribution in [0.15, 0.2) is 54.6 Å². The number of rotatable bonds is 5. The van der Waals surface area contributed by atoms with Crippen molar-refractivity contribution in [2.24, 2.45) is 5.92 Å². The van der Waals surface area contributed by atoms with E-state index in [1.54, 1.807) is 4.90 Å². The standard InChI is InChI=1S/C22H25ClN2O2/c23-20-8-6-17(7-9-20)10-13-24-21(26)22(27)25-14-11-19(12-15-25)16-18-4-2-1-3-5-18/h1-9,19H,10-16H2,(H,24,26). The predicted molar refractivity (Wildman–Crippen MR) is 108 cm³/mol. The van der Waals surface area contributed by atoms with Crippen LogP contribution in [0.4, 0.5) is 0 Å². The van der Waals surface area contributed by atoms with Crippen LogP contribution >= 0.6 is 11.6 Å². The van der Waals surface area contributed by atoms with Crippen LogP contribution in [0.3, 0.4) is 0 Å². The van der Waals surface area contributed by atoms with Gasteiger partial charge in [0.15, 0.2) is 0 Å². The number of halogens is 1. The molecule has 1 fully saturated rings. The monoisotopic (exact) mass is 384 g/mol. The number of benzene rings is 2. The maximum atomic E-state index is 12.3. The van der Waals surface area contributed by atoms with Gasteiger partial charge in [0, 0.05) is 24.7 Å². The van der Waals surface area contributed by atoms with E-state index in [0.29, 0.717) is 37.0 Å². The van der Waals surface area contributed by atoms with Gasteiger partial charge in [-0.2, -0.15) is 0 Å². The van der Waals surface area contributed by atoms with Crippen molar-refractivity contribution >= 4 is 23.4 Å². The second-order valence-electron chi connectivity index (χ2n) is 7.06. The summed E-state index contributed by atoms with van der Waals surface area (Å²) in [5, 5.41) is 3.42. The van der Waals surface area contributed by atoms with Gasteiger partial charge in [0.2, 0.25) is 0 Å². The van der Waals surface area contributed by atoms with Gasteiger partial charge >= 0.3 is 11.8 Å². The highest BCUT2D eigenvalue weighted by atomic mass is 35.5. The molecule has 4 nitrogen and oxygen atoms in total. The van der Waals surface area contributed by atoms with Crippen molar-refractivity contribution in [2.45, 2.75) is 25.7 Å². The van der Waals surface area contributed by atoms with Gasteiger partial charge in [0.25, 0.3) is 0 Å². The minimum Gasteiger partial charge on any atom is -0.347 e. The molecular weight excluding hydrogens is 360 g/mol. The molecule has 3 rings (SSSR count). The maximum absolute atomic E-state index is 12.3. The summed E-state index contributed by atoms with van der Waals surface area (Å²) in [6.07, 6.45) is 3.60. The summed E-state index contributed by atoms with van der Waals surface area (Å²) in [6.45, 7) is 1.75. The van der Waals surface area contributed by atoms with E-state index in [9.17, 15) is 9.59 Å². The molecule has 0 saturated carbocycles. The van der Waals surface area contributed by atoms with Gasteiger partial charge in [-0.25, -0.2) is 0 Å². The van der Waals surface area contributed by atoms with E-state index in [2.05, 4.69) is 29.6 Å². The third-order valence-corrected chi connectivity index (χ3v) is 5.33. The molecule has 0 bridgehead atoms. The van der Waals surface area contributed by atoms with Gasteiger partial charge in [-0.05, 0) is 54.9 Å². The Hall–Kier alpha value is -2.33. The fourth-order valence-corrected chi connectivity index (χ4v) is 3.60. The first-order valence-electron chi connectivity index (χ1n) is 9.47. The second kappa shape index (κ2) is 9.56. The molecule has 142 valence electrons. The van der Waals surface area contributed by atoms with Gasteiger partial charge in [-0.3, -0.25) is 9.59 Å². The average Bonchev–Trinajstić information content (AvgIpc) is 2.70. The van der Waals surface area contributed by atoms with Crippen LogP contribution in [0.1, 0.15) is 24.0 Å². The smallest absolute Gasteiger partial charge is 0.311 e. The quantitative estimate of drug-likeness (QED) is 0.802. The van der Waals surface area contributed by atoms with Gasteiger partial charge in [-0.15, -0.1) is 0 Å². The molecule has 0 aliphatic carbocycles. The molecule has 2 aromatic carbocycles. The van der Waals surface area contributed by atoms with Crippen molar-refractivity contribution in [3.8, 4) is 0 Å². The Morgan fingerprint density at radius 2 is 1.63 bits per heavy atom. The molecule has 1 saturated heterocycles. The van der Waals surface area contributed by atoms with Crippen LogP contribution in [-0.2, 0) is 22.4 Å². The van der Waals surface area contributed by atoms with Crippen molar-refractivity contribution in [3.63, 3.8) is 0 Å². The fourth-order valence-electron chi connectivity index (χ4n) is 3.48. The van der Waals surface area contributed by atoms with E-state index in [0.717, 1.165) is 24.8 Å². The molecule has 0 aromatic heterocycles. The highest BCUT2D eigenvalue weighted by molar-refractivity contribution is 6.35. The molecule has 27 heavy (non-hydrogen) atoms. The van der Waals surface area contributed by atoms with Crippen molar-refractivity contribution in [1.82, 2.24) is 10.2 Å². The number of carbonyl (C=O) groups excluding carboxylic acids is 2. The van der Waals surface area contributed by atoms with Gasteiger partial charge in [-0.1, -0.05) is 54.1 Å². The summed E-state index contributed by atoms with van der Waals surface area (Å²) in [5.74, 6) is -0.348. The summed E-state index contributed by atoms with van der Waals surface area (Å²) < 4.78 is 0.